The van der Waals surface area contributed by atoms with Crippen molar-refractivity contribution in [3.63, 3.8) is 0 Å². The van der Waals surface area contributed by atoms with Gasteiger partial charge in [0.15, 0.2) is 12.2 Å². The number of hydrogen-bond acceptors (Lipinski definition) is 6. The fraction of sp³-hybridized carbons (Fsp3) is 0.458. The van der Waals surface area contributed by atoms with Gasteiger partial charge in [0.1, 0.15) is 0 Å². The summed E-state index contributed by atoms with van der Waals surface area (Å²) in [5.74, 6) is 0.584. The van der Waals surface area contributed by atoms with Crippen LogP contribution in [0.3, 0.4) is 0 Å². The molecule has 3 amide bonds. The summed E-state index contributed by atoms with van der Waals surface area (Å²) < 4.78 is 0. The van der Waals surface area contributed by atoms with Gasteiger partial charge >= 0.3 is 6.03 Å². The van der Waals surface area contributed by atoms with Gasteiger partial charge in [0.05, 0.1) is 0 Å². The van der Waals surface area contributed by atoms with Crippen molar-refractivity contribution in [1.29, 1.82) is 0 Å². The Hall–Kier alpha value is -3.13. The molecule has 0 aliphatic carbocycles. The third-order valence-electron chi connectivity index (χ3n) is 6.39. The van der Waals surface area contributed by atoms with E-state index in [-0.39, 0.29) is 18.5 Å². The molecular formula is C24H32N6O2. The van der Waals surface area contributed by atoms with Crippen LogP contribution in [-0.4, -0.2) is 95.4 Å². The fourth-order valence-electron chi connectivity index (χ4n) is 4.52. The Morgan fingerprint density at radius 1 is 1.06 bits per heavy atom. The number of hydrogen-bond donors (Lipinski definition) is 0. The lowest BCUT2D eigenvalue weighted by molar-refractivity contribution is -0.136. The number of rotatable bonds is 7. The Morgan fingerprint density at radius 3 is 2.47 bits per heavy atom. The molecule has 1 aromatic rings. The highest BCUT2D eigenvalue weighted by Crippen LogP contribution is 2.37. The number of allylic oxidation sites excluding steroid dienone is 2. The Labute approximate surface area is 190 Å². The molecule has 1 aromatic carbocycles. The highest BCUT2D eigenvalue weighted by atomic mass is 16.2. The molecular weight excluding hydrogens is 404 g/mol. The summed E-state index contributed by atoms with van der Waals surface area (Å²) in [4.78, 5) is 40.6. The van der Waals surface area contributed by atoms with Crippen molar-refractivity contribution >= 4 is 24.0 Å². The maximum Gasteiger partial charge on any atom is 0.328 e. The van der Waals surface area contributed by atoms with Crippen molar-refractivity contribution in [2.24, 2.45) is 4.99 Å². The minimum atomic E-state index is -0.522. The van der Waals surface area contributed by atoms with Gasteiger partial charge in [-0.3, -0.25) is 14.6 Å². The van der Waals surface area contributed by atoms with Gasteiger partial charge in [-0.1, -0.05) is 42.5 Å². The average molecular weight is 437 g/mol. The number of likely N-dealkylation sites (N-methyl/N-ethyl adjacent to an activating group) is 1. The largest absolute Gasteiger partial charge is 0.328 e. The molecule has 0 N–H and O–H groups in total. The van der Waals surface area contributed by atoms with Crippen LogP contribution in [0.15, 0.2) is 52.8 Å². The van der Waals surface area contributed by atoms with E-state index in [0.29, 0.717) is 0 Å². The van der Waals surface area contributed by atoms with Crippen LogP contribution in [0.2, 0.25) is 0 Å². The number of guanidine groups is 1. The van der Waals surface area contributed by atoms with Crippen LogP contribution in [0, 0.1) is 0 Å². The highest BCUT2D eigenvalue weighted by molar-refractivity contribution is 6.05. The smallest absolute Gasteiger partial charge is 0.314 e. The maximum absolute atomic E-state index is 13.5. The average Bonchev–Trinajstić information content (AvgIpc) is 3.27. The molecule has 8 heteroatoms. The molecule has 3 aliphatic heterocycles. The van der Waals surface area contributed by atoms with E-state index in [1.807, 2.05) is 54.3 Å². The van der Waals surface area contributed by atoms with Gasteiger partial charge in [-0.25, -0.2) is 9.79 Å². The van der Waals surface area contributed by atoms with Crippen LogP contribution in [0.4, 0.5) is 4.79 Å². The van der Waals surface area contributed by atoms with Gasteiger partial charge in [0.2, 0.25) is 5.96 Å². The first-order valence-electron chi connectivity index (χ1n) is 11.1. The van der Waals surface area contributed by atoms with E-state index >= 15 is 0 Å². The van der Waals surface area contributed by atoms with E-state index < -0.39 is 12.2 Å². The van der Waals surface area contributed by atoms with Crippen LogP contribution in [0.1, 0.15) is 25.8 Å². The van der Waals surface area contributed by atoms with E-state index in [0.717, 1.165) is 42.4 Å². The quantitative estimate of drug-likeness (QED) is 0.657. The second-order valence-electron chi connectivity index (χ2n) is 8.79. The minimum absolute atomic E-state index is 0.197. The lowest BCUT2D eigenvalue weighted by Crippen LogP contribution is -2.64. The summed E-state index contributed by atoms with van der Waals surface area (Å²) in [6.45, 7) is 6.14. The molecule has 3 aliphatic rings. The number of nitrogens with zero attached hydrogens (tertiary/aromatic N) is 6. The van der Waals surface area contributed by atoms with Gasteiger partial charge in [-0.15, -0.1) is 0 Å². The number of amides is 3. The zero-order valence-corrected chi connectivity index (χ0v) is 19.5. The van der Waals surface area contributed by atoms with Crippen molar-refractivity contribution in [1.82, 2.24) is 24.5 Å². The molecule has 1 saturated heterocycles. The fourth-order valence-corrected chi connectivity index (χ4v) is 4.52. The molecule has 0 spiro atoms. The molecule has 32 heavy (non-hydrogen) atoms. The van der Waals surface area contributed by atoms with E-state index in [2.05, 4.69) is 30.8 Å². The Bertz CT molecular complexity index is 983. The van der Waals surface area contributed by atoms with Crippen molar-refractivity contribution in [3.05, 3.63) is 53.4 Å². The number of carbonyl (C=O) groups excluding carboxylic acids is 2. The molecule has 2 unspecified atom stereocenters. The highest BCUT2D eigenvalue weighted by Gasteiger charge is 2.55. The van der Waals surface area contributed by atoms with Crippen molar-refractivity contribution in [3.8, 4) is 0 Å². The molecule has 2 atom stereocenters. The zero-order valence-electron chi connectivity index (χ0n) is 19.5. The van der Waals surface area contributed by atoms with Gasteiger partial charge in [-0.05, 0) is 46.5 Å². The van der Waals surface area contributed by atoms with E-state index in [1.165, 1.54) is 4.90 Å². The Balaban J connectivity index is 1.54. The predicted molar refractivity (Wildman–Crippen MR) is 125 cm³/mol. The molecule has 0 bridgehead atoms. The van der Waals surface area contributed by atoms with Gasteiger partial charge < -0.3 is 14.7 Å². The summed E-state index contributed by atoms with van der Waals surface area (Å²) in [5.41, 5.74) is 3.17. The predicted octanol–water partition coefficient (Wildman–Crippen LogP) is 2.48. The summed E-state index contributed by atoms with van der Waals surface area (Å²) in [7, 11) is 5.85. The van der Waals surface area contributed by atoms with Gasteiger partial charge in [0, 0.05) is 31.5 Å². The SMILES string of the molecule is CC1=C(C)N2C(=NC3C2C(=O)N(C/C=C/c2ccccc2)C(=O)N3C)N1CCCN(C)C. The molecule has 3 heterocycles. The summed E-state index contributed by atoms with van der Waals surface area (Å²) in [5, 5.41) is 0. The van der Waals surface area contributed by atoms with Crippen LogP contribution < -0.4 is 0 Å². The second kappa shape index (κ2) is 8.78. The first-order valence-corrected chi connectivity index (χ1v) is 11.1. The number of urea groups is 1. The number of fused-ring (bicyclic) bond motifs is 3. The lowest BCUT2D eigenvalue weighted by atomic mass is 10.1. The maximum atomic E-state index is 13.5. The Kier molecular flexibility index (Phi) is 6.06. The van der Waals surface area contributed by atoms with Crippen molar-refractivity contribution in [2.45, 2.75) is 32.5 Å². The van der Waals surface area contributed by atoms with Crippen LogP contribution in [0.25, 0.3) is 6.08 Å². The second-order valence-corrected chi connectivity index (χ2v) is 8.79. The van der Waals surface area contributed by atoms with Crippen molar-refractivity contribution in [2.75, 3.05) is 40.8 Å². The first kappa shape index (κ1) is 22.1. The molecule has 0 aromatic heterocycles. The van der Waals surface area contributed by atoms with Crippen molar-refractivity contribution < 1.29 is 9.59 Å². The van der Waals surface area contributed by atoms with Crippen LogP contribution >= 0.6 is 0 Å². The first-order chi connectivity index (χ1) is 15.3. The molecule has 0 radical (unpaired) electrons. The Morgan fingerprint density at radius 2 is 1.78 bits per heavy atom. The summed E-state index contributed by atoms with van der Waals surface area (Å²) >= 11 is 0. The number of imide groups is 1. The molecule has 1 fully saturated rings. The third kappa shape index (κ3) is 3.79. The van der Waals surface area contributed by atoms with Crippen LogP contribution in [0.5, 0.6) is 0 Å². The summed E-state index contributed by atoms with van der Waals surface area (Å²) in [6.07, 6.45) is 4.28. The van der Waals surface area contributed by atoms with Gasteiger partial charge in [0.25, 0.3) is 5.91 Å². The zero-order chi connectivity index (χ0) is 23.0. The van der Waals surface area contributed by atoms with E-state index in [1.54, 1.807) is 11.9 Å². The standard InChI is InChI=1S/C24H32N6O2/c1-17-18(2)30-20-21(25-23(30)28(17)16-10-14-26(3)4)27(5)24(32)29(22(20)31)15-9-13-19-11-7-6-8-12-19/h6-9,11-13,20-21H,10,14-16H2,1-5H3/b13-9+. The molecule has 4 rings (SSSR count). The normalized spacial score (nSPS) is 23.1. The third-order valence-corrected chi connectivity index (χ3v) is 6.39. The van der Waals surface area contributed by atoms with E-state index in [4.69, 9.17) is 4.99 Å². The number of aliphatic imine (C=N–C) groups is 1. The number of benzene rings is 1. The van der Waals surface area contributed by atoms with Crippen LogP contribution in [-0.2, 0) is 4.79 Å². The number of carbonyl (C=O) groups is 2. The van der Waals surface area contributed by atoms with E-state index in [9.17, 15) is 9.59 Å². The monoisotopic (exact) mass is 436 g/mol. The summed E-state index contributed by atoms with van der Waals surface area (Å²) in [6, 6.07) is 9.02. The minimum Gasteiger partial charge on any atom is -0.314 e. The van der Waals surface area contributed by atoms with Gasteiger partial charge in [-0.2, -0.15) is 0 Å². The molecule has 8 nitrogen and oxygen atoms in total. The molecule has 170 valence electrons. The topological polar surface area (TPSA) is 62.7 Å². The lowest BCUT2D eigenvalue weighted by Gasteiger charge is -2.40. The molecule has 0 saturated carbocycles.